The van der Waals surface area contributed by atoms with Crippen molar-refractivity contribution >= 4 is 27.6 Å². The van der Waals surface area contributed by atoms with Gasteiger partial charge in [0, 0.05) is 4.47 Å². The molecule has 0 aromatic heterocycles. The number of para-hydroxylation sites is 1. The molecular weight excluding hydrogens is 225 g/mol. The average molecular weight is 232 g/mol. The molecule has 0 aliphatic carbocycles. The van der Waals surface area contributed by atoms with Crippen molar-refractivity contribution in [1.29, 1.82) is 0 Å². The van der Waals surface area contributed by atoms with Crippen molar-refractivity contribution in [2.45, 2.75) is 0 Å². The third-order valence-corrected chi connectivity index (χ3v) is 1.82. The van der Waals surface area contributed by atoms with E-state index >= 15 is 0 Å². The van der Waals surface area contributed by atoms with Gasteiger partial charge >= 0.3 is 0 Å². The minimum atomic E-state index is -0.460. The highest BCUT2D eigenvalue weighted by Crippen LogP contribution is 2.27. The van der Waals surface area contributed by atoms with Gasteiger partial charge in [-0.3, -0.25) is 0 Å². The van der Waals surface area contributed by atoms with Crippen molar-refractivity contribution in [3.63, 3.8) is 0 Å². The molecule has 0 heterocycles. The summed E-state index contributed by atoms with van der Waals surface area (Å²) in [6, 6.07) is 4.50. The summed E-state index contributed by atoms with van der Waals surface area (Å²) in [7, 11) is 0. The highest BCUT2D eigenvalue weighted by molar-refractivity contribution is 9.10. The first-order chi connectivity index (χ1) is 5.61. The van der Waals surface area contributed by atoms with Crippen molar-refractivity contribution in [2.75, 3.05) is 0 Å². The number of benzene rings is 1. The van der Waals surface area contributed by atoms with Gasteiger partial charge in [0.1, 0.15) is 11.5 Å². The second-order valence-electron chi connectivity index (χ2n) is 2.11. The first kappa shape index (κ1) is 8.99. The molecule has 0 saturated heterocycles. The monoisotopic (exact) mass is 231 g/mol. The van der Waals surface area contributed by atoms with Crippen molar-refractivity contribution in [3.8, 4) is 0 Å². The lowest BCUT2D eigenvalue weighted by molar-refractivity contribution is 0.629. The Bertz CT molecular complexity index is 300. The maximum absolute atomic E-state index is 13.0. The van der Waals surface area contributed by atoms with Crippen LogP contribution < -0.4 is 11.5 Å². The van der Waals surface area contributed by atoms with Crippen LogP contribution in [0.4, 0.5) is 10.1 Å². The molecule has 0 amide bonds. The predicted octanol–water partition coefficient (Wildman–Crippen LogP) is 1.49. The topological polar surface area (TPSA) is 64.4 Å². The summed E-state index contributed by atoms with van der Waals surface area (Å²) in [6.07, 6.45) is 0. The second kappa shape index (κ2) is 3.53. The van der Waals surface area contributed by atoms with Crippen LogP contribution in [0.3, 0.4) is 0 Å². The molecule has 0 spiro atoms. The fraction of sp³-hybridized carbons (Fsp3) is 0. The molecule has 0 saturated carbocycles. The highest BCUT2D eigenvalue weighted by atomic mass is 79.9. The van der Waals surface area contributed by atoms with Crippen molar-refractivity contribution < 1.29 is 4.39 Å². The average Bonchev–Trinajstić information content (AvgIpc) is 1.97. The van der Waals surface area contributed by atoms with Crippen LogP contribution in [0.25, 0.3) is 0 Å². The van der Waals surface area contributed by atoms with E-state index in [1.807, 2.05) is 0 Å². The number of aliphatic imine (C=N–C) groups is 1. The third kappa shape index (κ3) is 1.94. The van der Waals surface area contributed by atoms with Crippen LogP contribution in [0.5, 0.6) is 0 Å². The number of nitrogens with two attached hydrogens (primary N) is 2. The number of nitrogens with zero attached hydrogens (tertiary/aromatic N) is 1. The lowest BCUT2D eigenvalue weighted by atomic mass is 10.3. The zero-order valence-electron chi connectivity index (χ0n) is 6.09. The van der Waals surface area contributed by atoms with Crippen LogP contribution in [-0.4, -0.2) is 5.96 Å². The van der Waals surface area contributed by atoms with Crippen molar-refractivity contribution in [2.24, 2.45) is 16.5 Å². The Kier molecular flexibility index (Phi) is 2.65. The highest BCUT2D eigenvalue weighted by Gasteiger charge is 2.03. The predicted molar refractivity (Wildman–Crippen MR) is 49.6 cm³/mol. The molecule has 1 aromatic carbocycles. The van der Waals surface area contributed by atoms with E-state index in [2.05, 4.69) is 20.9 Å². The summed E-state index contributed by atoms with van der Waals surface area (Å²) < 4.78 is 13.5. The molecule has 0 fully saturated rings. The minimum absolute atomic E-state index is 0.123. The normalized spacial score (nSPS) is 9.50. The summed E-state index contributed by atoms with van der Waals surface area (Å²) in [5, 5.41) is 0. The summed E-state index contributed by atoms with van der Waals surface area (Å²) in [6.45, 7) is 0. The quantitative estimate of drug-likeness (QED) is 0.569. The first-order valence-electron chi connectivity index (χ1n) is 3.15. The van der Waals surface area contributed by atoms with Crippen molar-refractivity contribution in [3.05, 3.63) is 28.5 Å². The van der Waals surface area contributed by atoms with Gasteiger partial charge in [-0.25, -0.2) is 9.38 Å². The fourth-order valence-electron chi connectivity index (χ4n) is 0.725. The molecular formula is C7H7BrFN3. The summed E-state index contributed by atoms with van der Waals surface area (Å²) in [4.78, 5) is 3.61. The van der Waals surface area contributed by atoms with Crippen LogP contribution in [0.1, 0.15) is 0 Å². The van der Waals surface area contributed by atoms with Crippen LogP contribution in [0.2, 0.25) is 0 Å². The Labute approximate surface area is 77.4 Å². The number of rotatable bonds is 1. The molecule has 0 aliphatic heterocycles. The Morgan fingerprint density at radius 1 is 1.42 bits per heavy atom. The minimum Gasteiger partial charge on any atom is -0.370 e. The molecule has 12 heavy (non-hydrogen) atoms. The van der Waals surface area contributed by atoms with Gasteiger partial charge in [0.2, 0.25) is 0 Å². The van der Waals surface area contributed by atoms with Crippen LogP contribution >= 0.6 is 15.9 Å². The summed E-state index contributed by atoms with van der Waals surface area (Å²) in [5.41, 5.74) is 10.3. The molecule has 5 heteroatoms. The van der Waals surface area contributed by atoms with Gasteiger partial charge in [-0.15, -0.1) is 0 Å². The Hall–Kier alpha value is -1.10. The molecule has 1 rings (SSSR count). The Morgan fingerprint density at radius 2 is 2.08 bits per heavy atom. The third-order valence-electron chi connectivity index (χ3n) is 1.18. The molecule has 3 nitrogen and oxygen atoms in total. The fourth-order valence-corrected chi connectivity index (χ4v) is 1.16. The molecule has 0 unspecified atom stereocenters. The van der Waals surface area contributed by atoms with E-state index in [-0.39, 0.29) is 11.6 Å². The van der Waals surface area contributed by atoms with E-state index in [9.17, 15) is 4.39 Å². The second-order valence-corrected chi connectivity index (χ2v) is 2.96. The molecule has 4 N–H and O–H groups in total. The van der Waals surface area contributed by atoms with E-state index in [1.54, 1.807) is 12.1 Å². The zero-order valence-corrected chi connectivity index (χ0v) is 7.68. The smallest absolute Gasteiger partial charge is 0.191 e. The van der Waals surface area contributed by atoms with Gasteiger partial charge in [-0.05, 0) is 28.1 Å². The lowest BCUT2D eigenvalue weighted by Crippen LogP contribution is -2.22. The van der Waals surface area contributed by atoms with E-state index in [1.165, 1.54) is 6.07 Å². The van der Waals surface area contributed by atoms with Crippen LogP contribution in [0, 0.1) is 5.82 Å². The van der Waals surface area contributed by atoms with Gasteiger partial charge in [0.25, 0.3) is 0 Å². The summed E-state index contributed by atoms with van der Waals surface area (Å²) >= 11 is 3.12. The van der Waals surface area contributed by atoms with E-state index in [0.29, 0.717) is 4.47 Å². The van der Waals surface area contributed by atoms with Crippen molar-refractivity contribution in [1.82, 2.24) is 0 Å². The number of halogens is 2. The Morgan fingerprint density at radius 3 is 2.58 bits per heavy atom. The Balaban J connectivity index is 3.22. The zero-order chi connectivity index (χ0) is 9.14. The standard InChI is InChI=1S/C7H7BrFN3/c8-4-2-1-3-5(9)6(4)12-7(10)11/h1-3H,(H4,10,11,12). The van der Waals surface area contributed by atoms with Crippen LogP contribution in [-0.2, 0) is 0 Å². The van der Waals surface area contributed by atoms with Crippen LogP contribution in [0.15, 0.2) is 27.7 Å². The maximum Gasteiger partial charge on any atom is 0.191 e. The largest absolute Gasteiger partial charge is 0.370 e. The SMILES string of the molecule is NC(N)=Nc1c(F)cccc1Br. The van der Waals surface area contributed by atoms with Gasteiger partial charge < -0.3 is 11.5 Å². The van der Waals surface area contributed by atoms with E-state index in [4.69, 9.17) is 11.5 Å². The first-order valence-corrected chi connectivity index (χ1v) is 3.94. The lowest BCUT2D eigenvalue weighted by Gasteiger charge is -1.99. The summed E-state index contributed by atoms with van der Waals surface area (Å²) in [5.74, 6) is -0.626. The molecule has 0 atom stereocenters. The molecule has 0 bridgehead atoms. The van der Waals surface area contributed by atoms with Gasteiger partial charge in [0.15, 0.2) is 5.96 Å². The van der Waals surface area contributed by atoms with E-state index in [0.717, 1.165) is 0 Å². The molecule has 0 radical (unpaired) electrons. The number of hydrogen-bond acceptors (Lipinski definition) is 1. The maximum atomic E-state index is 13.0. The molecule has 64 valence electrons. The number of hydrogen-bond donors (Lipinski definition) is 2. The van der Waals surface area contributed by atoms with E-state index < -0.39 is 5.82 Å². The van der Waals surface area contributed by atoms with Gasteiger partial charge in [-0.1, -0.05) is 6.07 Å². The molecule has 1 aromatic rings. The number of guanidine groups is 1. The van der Waals surface area contributed by atoms with Gasteiger partial charge in [0.05, 0.1) is 0 Å². The van der Waals surface area contributed by atoms with Gasteiger partial charge in [-0.2, -0.15) is 0 Å². The molecule has 0 aliphatic rings.